The molecule has 3 N–H and O–H groups in total. The summed E-state index contributed by atoms with van der Waals surface area (Å²) in [6.45, 7) is 4.45. The van der Waals surface area contributed by atoms with Crippen LogP contribution in [-0.4, -0.2) is 29.2 Å². The SMILES string of the molecule is CCOC(=O)CCc1cc(CCN)cc(C(C)(O)c2cccnc2)c1. The summed E-state index contributed by atoms with van der Waals surface area (Å²) in [5.74, 6) is -0.215. The van der Waals surface area contributed by atoms with Crippen LogP contribution in [0.5, 0.6) is 0 Å². The van der Waals surface area contributed by atoms with Crippen LogP contribution in [0.3, 0.4) is 0 Å². The number of hydrogen-bond donors (Lipinski definition) is 2. The van der Waals surface area contributed by atoms with E-state index < -0.39 is 5.60 Å². The number of aromatic nitrogens is 1. The number of hydrogen-bond acceptors (Lipinski definition) is 5. The third-order valence-electron chi connectivity index (χ3n) is 4.19. The molecule has 0 saturated carbocycles. The molecule has 0 radical (unpaired) electrons. The number of nitrogens with zero attached hydrogens (tertiary/aromatic N) is 1. The number of carbonyl (C=O) groups excluding carboxylic acids is 1. The molecule has 2 aromatic rings. The quantitative estimate of drug-likeness (QED) is 0.719. The number of rotatable bonds is 8. The van der Waals surface area contributed by atoms with Gasteiger partial charge in [-0.25, -0.2) is 0 Å². The lowest BCUT2D eigenvalue weighted by molar-refractivity contribution is -0.143. The van der Waals surface area contributed by atoms with Crippen molar-refractivity contribution in [3.8, 4) is 0 Å². The highest BCUT2D eigenvalue weighted by molar-refractivity contribution is 5.69. The summed E-state index contributed by atoms with van der Waals surface area (Å²) in [6, 6.07) is 9.59. The summed E-state index contributed by atoms with van der Waals surface area (Å²) in [4.78, 5) is 15.7. The fraction of sp³-hybridized carbons (Fsp3) is 0.400. The van der Waals surface area contributed by atoms with E-state index in [-0.39, 0.29) is 5.97 Å². The number of benzene rings is 1. The average Bonchev–Trinajstić information content (AvgIpc) is 2.61. The van der Waals surface area contributed by atoms with E-state index in [0.717, 1.165) is 22.3 Å². The van der Waals surface area contributed by atoms with Gasteiger partial charge in [0, 0.05) is 24.4 Å². The van der Waals surface area contributed by atoms with Gasteiger partial charge in [-0.15, -0.1) is 0 Å². The van der Waals surface area contributed by atoms with E-state index in [1.807, 2.05) is 24.3 Å². The van der Waals surface area contributed by atoms with Gasteiger partial charge in [-0.1, -0.05) is 24.3 Å². The van der Waals surface area contributed by atoms with Crippen LogP contribution in [-0.2, 0) is 28.0 Å². The maximum atomic E-state index is 11.6. The molecule has 1 unspecified atom stereocenters. The Bertz CT molecular complexity index is 699. The second kappa shape index (κ2) is 8.74. The molecule has 1 aromatic carbocycles. The first kappa shape index (κ1) is 19.1. The van der Waals surface area contributed by atoms with Gasteiger partial charge in [0.2, 0.25) is 0 Å². The Kier molecular flexibility index (Phi) is 6.67. The number of aryl methyl sites for hydroxylation is 1. The van der Waals surface area contributed by atoms with Gasteiger partial charge in [0.15, 0.2) is 0 Å². The zero-order chi connectivity index (χ0) is 18.3. The second-order valence-corrected chi connectivity index (χ2v) is 6.20. The van der Waals surface area contributed by atoms with Crippen LogP contribution in [0.1, 0.15) is 42.5 Å². The standard InChI is InChI=1S/C20H26N2O3/c1-3-25-19(23)7-6-15-11-16(8-9-21)13-18(12-15)20(2,24)17-5-4-10-22-14-17/h4-5,10-14,24H,3,6-9,21H2,1-2H3. The molecule has 0 spiro atoms. The van der Waals surface area contributed by atoms with Crippen molar-refractivity contribution in [3.63, 3.8) is 0 Å². The molecule has 0 amide bonds. The average molecular weight is 342 g/mol. The van der Waals surface area contributed by atoms with Gasteiger partial charge < -0.3 is 15.6 Å². The molecule has 25 heavy (non-hydrogen) atoms. The molecule has 0 fully saturated rings. The van der Waals surface area contributed by atoms with E-state index >= 15 is 0 Å². The van der Waals surface area contributed by atoms with E-state index in [2.05, 4.69) is 4.98 Å². The van der Waals surface area contributed by atoms with Crippen LogP contribution in [0.15, 0.2) is 42.7 Å². The normalized spacial score (nSPS) is 13.3. The number of aliphatic hydroxyl groups is 1. The molecule has 0 bridgehead atoms. The molecule has 5 heteroatoms. The van der Waals surface area contributed by atoms with Crippen LogP contribution >= 0.6 is 0 Å². The van der Waals surface area contributed by atoms with Gasteiger partial charge in [-0.05, 0) is 56.0 Å². The third-order valence-corrected chi connectivity index (χ3v) is 4.19. The Balaban J connectivity index is 2.32. The van der Waals surface area contributed by atoms with E-state index in [0.29, 0.717) is 32.4 Å². The highest BCUT2D eigenvalue weighted by Gasteiger charge is 2.26. The molecule has 1 atom stereocenters. The molecule has 1 aromatic heterocycles. The van der Waals surface area contributed by atoms with Gasteiger partial charge in [0.25, 0.3) is 0 Å². The summed E-state index contributed by atoms with van der Waals surface area (Å²) in [5, 5.41) is 11.1. The van der Waals surface area contributed by atoms with Crippen LogP contribution in [0.2, 0.25) is 0 Å². The Morgan fingerprint density at radius 3 is 2.56 bits per heavy atom. The van der Waals surface area contributed by atoms with Crippen LogP contribution in [0, 0.1) is 0 Å². The molecule has 0 aliphatic heterocycles. The summed E-state index contributed by atoms with van der Waals surface area (Å²) in [6.07, 6.45) is 4.92. The van der Waals surface area contributed by atoms with Crippen molar-refractivity contribution >= 4 is 5.97 Å². The van der Waals surface area contributed by atoms with E-state index in [9.17, 15) is 9.90 Å². The lowest BCUT2D eigenvalue weighted by Crippen LogP contribution is -2.23. The highest BCUT2D eigenvalue weighted by atomic mass is 16.5. The van der Waals surface area contributed by atoms with Gasteiger partial charge in [-0.2, -0.15) is 0 Å². The molecule has 5 nitrogen and oxygen atoms in total. The molecular formula is C20H26N2O3. The number of carbonyl (C=O) groups is 1. The fourth-order valence-corrected chi connectivity index (χ4v) is 2.80. The summed E-state index contributed by atoms with van der Waals surface area (Å²) in [7, 11) is 0. The Morgan fingerprint density at radius 1 is 1.24 bits per heavy atom. The molecule has 1 heterocycles. The number of pyridine rings is 1. The van der Waals surface area contributed by atoms with Crippen molar-refractivity contribution in [3.05, 3.63) is 65.0 Å². The van der Waals surface area contributed by atoms with Crippen LogP contribution in [0.4, 0.5) is 0 Å². The molecule has 134 valence electrons. The number of esters is 1. The van der Waals surface area contributed by atoms with Crippen molar-refractivity contribution in [2.75, 3.05) is 13.2 Å². The zero-order valence-electron chi connectivity index (χ0n) is 14.9. The van der Waals surface area contributed by atoms with Gasteiger partial charge in [0.05, 0.1) is 6.61 Å². The van der Waals surface area contributed by atoms with Gasteiger partial charge >= 0.3 is 5.97 Å². The molecule has 0 aliphatic carbocycles. The van der Waals surface area contributed by atoms with Crippen molar-refractivity contribution < 1.29 is 14.6 Å². The lowest BCUT2D eigenvalue weighted by atomic mass is 9.86. The maximum absolute atomic E-state index is 11.6. The van der Waals surface area contributed by atoms with Crippen LogP contribution < -0.4 is 5.73 Å². The van der Waals surface area contributed by atoms with Crippen molar-refractivity contribution in [1.29, 1.82) is 0 Å². The maximum Gasteiger partial charge on any atom is 0.306 e. The molecule has 0 saturated heterocycles. The second-order valence-electron chi connectivity index (χ2n) is 6.20. The predicted octanol–water partition coefficient (Wildman–Crippen LogP) is 2.33. The molecule has 2 rings (SSSR count). The van der Waals surface area contributed by atoms with Gasteiger partial charge in [0.1, 0.15) is 5.60 Å². The van der Waals surface area contributed by atoms with E-state index in [1.165, 1.54) is 0 Å². The predicted molar refractivity (Wildman–Crippen MR) is 97.1 cm³/mol. The van der Waals surface area contributed by atoms with E-state index in [4.69, 9.17) is 10.5 Å². The van der Waals surface area contributed by atoms with Gasteiger partial charge in [-0.3, -0.25) is 9.78 Å². The van der Waals surface area contributed by atoms with E-state index in [1.54, 1.807) is 32.3 Å². The summed E-state index contributed by atoms with van der Waals surface area (Å²) < 4.78 is 4.99. The van der Waals surface area contributed by atoms with Crippen molar-refractivity contribution in [2.24, 2.45) is 5.73 Å². The topological polar surface area (TPSA) is 85.4 Å². The Morgan fingerprint density at radius 2 is 1.96 bits per heavy atom. The first-order valence-electron chi connectivity index (χ1n) is 8.59. The zero-order valence-corrected chi connectivity index (χ0v) is 14.9. The largest absolute Gasteiger partial charge is 0.466 e. The third kappa shape index (κ3) is 5.11. The fourth-order valence-electron chi connectivity index (χ4n) is 2.80. The summed E-state index contributed by atoms with van der Waals surface area (Å²) in [5.41, 5.74) is 8.04. The Hall–Kier alpha value is -2.24. The lowest BCUT2D eigenvalue weighted by Gasteiger charge is -2.25. The first-order chi connectivity index (χ1) is 12.0. The van der Waals surface area contributed by atoms with Crippen LogP contribution in [0.25, 0.3) is 0 Å². The minimum absolute atomic E-state index is 0.215. The monoisotopic (exact) mass is 342 g/mol. The summed E-state index contributed by atoms with van der Waals surface area (Å²) >= 11 is 0. The number of nitrogens with two attached hydrogens (primary N) is 1. The Labute approximate surface area is 148 Å². The first-order valence-corrected chi connectivity index (χ1v) is 8.59. The highest BCUT2D eigenvalue weighted by Crippen LogP contribution is 2.30. The minimum atomic E-state index is -1.17. The molecular weight excluding hydrogens is 316 g/mol. The van der Waals surface area contributed by atoms with Crippen molar-refractivity contribution in [1.82, 2.24) is 4.98 Å². The number of ether oxygens (including phenoxy) is 1. The minimum Gasteiger partial charge on any atom is -0.466 e. The smallest absolute Gasteiger partial charge is 0.306 e. The molecule has 0 aliphatic rings. The van der Waals surface area contributed by atoms with Crippen molar-refractivity contribution in [2.45, 2.75) is 38.7 Å².